The topological polar surface area (TPSA) is 29.5 Å². The summed E-state index contributed by atoms with van der Waals surface area (Å²) in [5.74, 6) is 0.416. The highest BCUT2D eigenvalue weighted by atomic mass is 16.5. The van der Waals surface area contributed by atoms with Gasteiger partial charge in [0.2, 0.25) is 0 Å². The van der Waals surface area contributed by atoms with Crippen molar-refractivity contribution in [3.63, 3.8) is 0 Å². The predicted molar refractivity (Wildman–Crippen MR) is 53.6 cm³/mol. The molecule has 1 aliphatic rings. The van der Waals surface area contributed by atoms with Crippen molar-refractivity contribution in [2.75, 3.05) is 26.2 Å². The number of esters is 1. The summed E-state index contributed by atoms with van der Waals surface area (Å²) < 4.78 is 4.87. The summed E-state index contributed by atoms with van der Waals surface area (Å²) in [4.78, 5) is 12.7. The van der Waals surface area contributed by atoms with E-state index < -0.39 is 0 Å². The van der Waals surface area contributed by atoms with E-state index in [0.29, 0.717) is 12.5 Å². The Morgan fingerprint density at radius 1 is 1.46 bits per heavy atom. The summed E-state index contributed by atoms with van der Waals surface area (Å²) in [5, 5.41) is 0. The predicted octanol–water partition coefficient (Wildman–Crippen LogP) is 1.53. The fourth-order valence-electron chi connectivity index (χ4n) is 1.28. The van der Waals surface area contributed by atoms with Gasteiger partial charge in [-0.3, -0.25) is 4.79 Å². The maximum Gasteiger partial charge on any atom is 0.302 e. The minimum Gasteiger partial charge on any atom is -0.465 e. The van der Waals surface area contributed by atoms with E-state index in [2.05, 4.69) is 11.8 Å². The smallest absolute Gasteiger partial charge is 0.302 e. The Bertz CT molecular complexity index is 142. The molecular formula is C10H21NO2. The van der Waals surface area contributed by atoms with Crippen LogP contribution in [0, 0.1) is 5.92 Å². The molecule has 1 saturated heterocycles. The van der Waals surface area contributed by atoms with E-state index in [9.17, 15) is 4.79 Å². The van der Waals surface area contributed by atoms with Gasteiger partial charge in [0, 0.05) is 25.9 Å². The monoisotopic (exact) mass is 187 g/mol. The van der Waals surface area contributed by atoms with Crippen LogP contribution in [0.4, 0.5) is 0 Å². The van der Waals surface area contributed by atoms with Crippen molar-refractivity contribution >= 4 is 5.97 Å². The van der Waals surface area contributed by atoms with E-state index in [4.69, 9.17) is 4.74 Å². The highest BCUT2D eigenvalue weighted by Crippen LogP contribution is 2.14. The largest absolute Gasteiger partial charge is 0.465 e. The molecule has 1 aliphatic heterocycles. The molecule has 78 valence electrons. The van der Waals surface area contributed by atoms with E-state index >= 15 is 0 Å². The fourth-order valence-corrected chi connectivity index (χ4v) is 1.28. The zero-order chi connectivity index (χ0) is 10.3. The van der Waals surface area contributed by atoms with E-state index in [-0.39, 0.29) is 5.97 Å². The maximum absolute atomic E-state index is 10.4. The molecule has 0 aromatic rings. The van der Waals surface area contributed by atoms with Crippen LogP contribution in [0.5, 0.6) is 0 Å². The first-order valence-electron chi connectivity index (χ1n) is 5.08. The Hall–Kier alpha value is -0.570. The van der Waals surface area contributed by atoms with Crippen LogP contribution >= 0.6 is 0 Å². The van der Waals surface area contributed by atoms with Gasteiger partial charge in [-0.25, -0.2) is 0 Å². The van der Waals surface area contributed by atoms with Gasteiger partial charge < -0.3 is 9.64 Å². The highest BCUT2D eigenvalue weighted by Gasteiger charge is 2.25. The lowest BCUT2D eigenvalue weighted by molar-refractivity contribution is -0.144. The van der Waals surface area contributed by atoms with E-state index in [1.54, 1.807) is 0 Å². The number of carbonyl (C=O) groups excluding carboxylic acids is 1. The Balaban J connectivity index is 0.000000671. The van der Waals surface area contributed by atoms with Gasteiger partial charge in [0.05, 0.1) is 6.61 Å². The van der Waals surface area contributed by atoms with Crippen LogP contribution < -0.4 is 0 Å². The lowest BCUT2D eigenvalue weighted by Crippen LogP contribution is -2.48. The number of nitrogens with zero attached hydrogens (tertiary/aromatic N) is 1. The second-order valence-electron chi connectivity index (χ2n) is 3.02. The second-order valence-corrected chi connectivity index (χ2v) is 3.02. The zero-order valence-corrected chi connectivity index (χ0v) is 9.17. The molecule has 0 saturated carbocycles. The molecule has 0 amide bonds. The highest BCUT2D eigenvalue weighted by molar-refractivity contribution is 5.65. The van der Waals surface area contributed by atoms with Gasteiger partial charge in [0.25, 0.3) is 0 Å². The molecule has 1 heterocycles. The van der Waals surface area contributed by atoms with Crippen LogP contribution in [0.1, 0.15) is 27.7 Å². The number of carbonyl (C=O) groups is 1. The summed E-state index contributed by atoms with van der Waals surface area (Å²) >= 11 is 0. The number of hydrogen-bond donors (Lipinski definition) is 0. The van der Waals surface area contributed by atoms with Gasteiger partial charge in [-0.1, -0.05) is 20.8 Å². The summed E-state index contributed by atoms with van der Waals surface area (Å²) in [6.45, 7) is 11.5. The minimum atomic E-state index is -0.167. The van der Waals surface area contributed by atoms with E-state index in [1.165, 1.54) is 6.92 Å². The third-order valence-corrected chi connectivity index (χ3v) is 2.00. The molecule has 1 fully saturated rings. The van der Waals surface area contributed by atoms with E-state index in [1.807, 2.05) is 13.8 Å². The van der Waals surface area contributed by atoms with Gasteiger partial charge in [-0.15, -0.1) is 0 Å². The van der Waals surface area contributed by atoms with Crippen LogP contribution in [0.15, 0.2) is 0 Å². The van der Waals surface area contributed by atoms with Crippen molar-refractivity contribution in [1.29, 1.82) is 0 Å². The molecule has 0 aromatic carbocycles. The van der Waals surface area contributed by atoms with Crippen molar-refractivity contribution in [1.82, 2.24) is 4.90 Å². The van der Waals surface area contributed by atoms with Crippen LogP contribution in [0.2, 0.25) is 0 Å². The minimum absolute atomic E-state index is 0.167. The average Bonchev–Trinajstić information content (AvgIpc) is 2.05. The quantitative estimate of drug-likeness (QED) is 0.627. The Labute approximate surface area is 81.1 Å². The van der Waals surface area contributed by atoms with E-state index in [0.717, 1.165) is 19.6 Å². The van der Waals surface area contributed by atoms with Crippen LogP contribution in [0.25, 0.3) is 0 Å². The number of likely N-dealkylation sites (tertiary alicyclic amines) is 1. The molecular weight excluding hydrogens is 166 g/mol. The van der Waals surface area contributed by atoms with Gasteiger partial charge in [0.1, 0.15) is 0 Å². The average molecular weight is 187 g/mol. The SMILES string of the molecule is CC.CCN1CC(COC(C)=O)C1. The molecule has 3 heteroatoms. The number of rotatable bonds is 3. The first kappa shape index (κ1) is 12.4. The molecule has 0 bridgehead atoms. The lowest BCUT2D eigenvalue weighted by Gasteiger charge is -2.37. The fraction of sp³-hybridized carbons (Fsp3) is 0.900. The van der Waals surface area contributed by atoms with Crippen molar-refractivity contribution in [3.8, 4) is 0 Å². The number of ether oxygens (including phenoxy) is 1. The molecule has 0 unspecified atom stereocenters. The van der Waals surface area contributed by atoms with Crippen molar-refractivity contribution in [3.05, 3.63) is 0 Å². The number of hydrogen-bond acceptors (Lipinski definition) is 3. The first-order valence-corrected chi connectivity index (χ1v) is 5.08. The Morgan fingerprint density at radius 2 is 2.00 bits per heavy atom. The second kappa shape index (κ2) is 6.89. The van der Waals surface area contributed by atoms with Crippen molar-refractivity contribution < 1.29 is 9.53 Å². The summed E-state index contributed by atoms with van der Waals surface area (Å²) in [6.07, 6.45) is 0. The molecule has 0 N–H and O–H groups in total. The molecule has 0 radical (unpaired) electrons. The van der Waals surface area contributed by atoms with Crippen molar-refractivity contribution in [2.24, 2.45) is 5.92 Å². The third-order valence-electron chi connectivity index (χ3n) is 2.00. The third kappa shape index (κ3) is 4.88. The molecule has 0 aliphatic carbocycles. The normalized spacial score (nSPS) is 16.9. The Morgan fingerprint density at radius 3 is 2.38 bits per heavy atom. The molecule has 3 nitrogen and oxygen atoms in total. The van der Waals surface area contributed by atoms with Gasteiger partial charge in [-0.05, 0) is 6.54 Å². The maximum atomic E-state index is 10.4. The lowest BCUT2D eigenvalue weighted by atomic mass is 10.0. The standard InChI is InChI=1S/C8H15NO2.C2H6/c1-3-9-4-8(5-9)6-11-7(2)10;1-2/h8H,3-6H2,1-2H3;1-2H3. The van der Waals surface area contributed by atoms with Crippen LogP contribution in [-0.2, 0) is 9.53 Å². The van der Waals surface area contributed by atoms with Crippen LogP contribution in [0.3, 0.4) is 0 Å². The zero-order valence-electron chi connectivity index (χ0n) is 9.17. The summed E-state index contributed by atoms with van der Waals surface area (Å²) in [5.41, 5.74) is 0. The van der Waals surface area contributed by atoms with Gasteiger partial charge in [-0.2, -0.15) is 0 Å². The molecule has 0 atom stereocenters. The Kier molecular flexibility index (Phi) is 6.59. The van der Waals surface area contributed by atoms with Crippen LogP contribution in [-0.4, -0.2) is 37.1 Å². The summed E-state index contributed by atoms with van der Waals surface area (Å²) in [6, 6.07) is 0. The molecule has 1 rings (SSSR count). The van der Waals surface area contributed by atoms with Gasteiger partial charge in [0.15, 0.2) is 0 Å². The molecule has 0 aromatic heterocycles. The molecule has 0 spiro atoms. The van der Waals surface area contributed by atoms with Crippen molar-refractivity contribution in [2.45, 2.75) is 27.7 Å². The first-order chi connectivity index (χ1) is 6.22. The molecule has 13 heavy (non-hydrogen) atoms. The summed E-state index contributed by atoms with van der Waals surface area (Å²) in [7, 11) is 0. The van der Waals surface area contributed by atoms with Gasteiger partial charge >= 0.3 is 5.97 Å².